The third-order valence-electron chi connectivity index (χ3n) is 2.79. The Balaban J connectivity index is 2.35. The highest BCUT2D eigenvalue weighted by Gasteiger charge is 2.21. The molecule has 3 heteroatoms. The number of nitrogens with zero attached hydrogens (tertiary/aromatic N) is 3. The Hall–Kier alpha value is -1.64. The fourth-order valence-electron chi connectivity index (χ4n) is 2.10. The van der Waals surface area contributed by atoms with Crippen LogP contribution in [0.1, 0.15) is 26.3 Å². The average molecular weight is 229 g/mol. The lowest BCUT2D eigenvalue weighted by atomic mass is 10.2. The van der Waals surface area contributed by atoms with Crippen molar-refractivity contribution in [3.8, 4) is 0 Å². The van der Waals surface area contributed by atoms with Gasteiger partial charge in [0.2, 0.25) is 0 Å². The summed E-state index contributed by atoms with van der Waals surface area (Å²) in [7, 11) is 0. The van der Waals surface area contributed by atoms with E-state index in [-0.39, 0.29) is 0 Å². The summed E-state index contributed by atoms with van der Waals surface area (Å²) in [5.41, 5.74) is 3.85. The molecular weight excluding hydrogens is 210 g/mol. The van der Waals surface area contributed by atoms with Crippen LogP contribution in [0.3, 0.4) is 0 Å². The molecule has 0 saturated carbocycles. The van der Waals surface area contributed by atoms with Crippen molar-refractivity contribution in [1.29, 1.82) is 0 Å². The maximum atomic E-state index is 4.59. The summed E-state index contributed by atoms with van der Waals surface area (Å²) in [6, 6.07) is 2.08. The van der Waals surface area contributed by atoms with Gasteiger partial charge >= 0.3 is 0 Å². The molecule has 1 aromatic heterocycles. The van der Waals surface area contributed by atoms with E-state index in [0.717, 1.165) is 25.3 Å². The van der Waals surface area contributed by atoms with Crippen molar-refractivity contribution in [3.05, 3.63) is 35.7 Å². The van der Waals surface area contributed by atoms with Gasteiger partial charge in [-0.05, 0) is 44.9 Å². The number of amidine groups is 1. The van der Waals surface area contributed by atoms with E-state index in [0.29, 0.717) is 0 Å². The van der Waals surface area contributed by atoms with Gasteiger partial charge in [0.25, 0.3) is 0 Å². The van der Waals surface area contributed by atoms with Gasteiger partial charge < -0.3 is 4.90 Å². The molecule has 2 rings (SSSR count). The zero-order valence-electron chi connectivity index (χ0n) is 10.8. The first kappa shape index (κ1) is 11.8. The second-order valence-corrected chi connectivity index (χ2v) is 4.46. The highest BCUT2D eigenvalue weighted by Crippen LogP contribution is 2.27. The van der Waals surface area contributed by atoms with Crippen LogP contribution in [0.25, 0.3) is 0 Å². The zero-order chi connectivity index (χ0) is 12.3. The summed E-state index contributed by atoms with van der Waals surface area (Å²) in [4.78, 5) is 11.1. The van der Waals surface area contributed by atoms with Crippen molar-refractivity contribution in [3.63, 3.8) is 0 Å². The third kappa shape index (κ3) is 2.54. The molecule has 0 aromatic carbocycles. The normalized spacial score (nSPS) is 14.8. The summed E-state index contributed by atoms with van der Waals surface area (Å²) in [5.74, 6) is 1.07. The molecule has 3 nitrogen and oxygen atoms in total. The molecule has 17 heavy (non-hydrogen) atoms. The van der Waals surface area contributed by atoms with Crippen LogP contribution < -0.4 is 4.90 Å². The summed E-state index contributed by atoms with van der Waals surface area (Å²) >= 11 is 0. The number of hydrogen-bond acceptors (Lipinski definition) is 2. The van der Waals surface area contributed by atoms with Gasteiger partial charge in [0.1, 0.15) is 5.84 Å². The quantitative estimate of drug-likeness (QED) is 0.576. The number of fused-ring (bicyclic) bond motifs is 1. The van der Waals surface area contributed by atoms with E-state index < -0.39 is 0 Å². The number of allylic oxidation sites excluding steroid dienone is 1. The molecule has 0 amide bonds. The number of rotatable bonds is 2. The Labute approximate surface area is 103 Å². The van der Waals surface area contributed by atoms with Gasteiger partial charge in [-0.3, -0.25) is 9.98 Å². The lowest BCUT2D eigenvalue weighted by Crippen LogP contribution is -2.27. The van der Waals surface area contributed by atoms with Crippen LogP contribution in [0.15, 0.2) is 35.1 Å². The Kier molecular flexibility index (Phi) is 3.57. The van der Waals surface area contributed by atoms with Crippen molar-refractivity contribution in [2.75, 3.05) is 18.0 Å². The van der Waals surface area contributed by atoms with Crippen LogP contribution in [-0.2, 0) is 6.42 Å². The van der Waals surface area contributed by atoms with Gasteiger partial charge in [-0.15, -0.1) is 0 Å². The second kappa shape index (κ2) is 5.13. The van der Waals surface area contributed by atoms with Crippen molar-refractivity contribution in [2.45, 2.75) is 27.2 Å². The maximum Gasteiger partial charge on any atom is 0.127 e. The van der Waals surface area contributed by atoms with E-state index in [9.17, 15) is 0 Å². The van der Waals surface area contributed by atoms with Gasteiger partial charge in [0.15, 0.2) is 0 Å². The molecule has 1 aliphatic heterocycles. The summed E-state index contributed by atoms with van der Waals surface area (Å²) < 4.78 is 0. The molecule has 0 fully saturated rings. The SMILES string of the molecule is CCN=C(C=C(C)C)N1CCc2cnccc21. The Bertz CT molecular complexity index is 456. The van der Waals surface area contributed by atoms with E-state index in [1.54, 1.807) is 0 Å². The van der Waals surface area contributed by atoms with Crippen molar-refractivity contribution >= 4 is 11.5 Å². The molecular formula is C14H19N3. The Morgan fingerprint density at radius 2 is 2.35 bits per heavy atom. The van der Waals surface area contributed by atoms with E-state index >= 15 is 0 Å². The van der Waals surface area contributed by atoms with Crippen molar-refractivity contribution in [1.82, 2.24) is 4.98 Å². The predicted octanol–water partition coefficient (Wildman–Crippen LogP) is 2.83. The lowest BCUT2D eigenvalue weighted by molar-refractivity contribution is 1.00. The third-order valence-corrected chi connectivity index (χ3v) is 2.79. The van der Waals surface area contributed by atoms with Crippen molar-refractivity contribution < 1.29 is 0 Å². The highest BCUT2D eigenvalue weighted by atomic mass is 15.2. The number of pyridine rings is 1. The Morgan fingerprint density at radius 1 is 1.53 bits per heavy atom. The van der Waals surface area contributed by atoms with Gasteiger partial charge in [-0.1, -0.05) is 5.57 Å². The fourth-order valence-corrected chi connectivity index (χ4v) is 2.10. The molecule has 1 aliphatic rings. The number of aliphatic imine (C=N–C) groups is 1. The van der Waals surface area contributed by atoms with Gasteiger partial charge in [-0.2, -0.15) is 0 Å². The fraction of sp³-hybridized carbons (Fsp3) is 0.429. The molecule has 1 aromatic rings. The van der Waals surface area contributed by atoms with Gasteiger partial charge in [0, 0.05) is 31.2 Å². The molecule has 0 N–H and O–H groups in total. The first-order chi connectivity index (χ1) is 8.22. The van der Waals surface area contributed by atoms with Crippen LogP contribution in [0, 0.1) is 0 Å². The molecule has 0 spiro atoms. The summed E-state index contributed by atoms with van der Waals surface area (Å²) in [6.07, 6.45) is 7.02. The molecule has 90 valence electrons. The minimum absolute atomic E-state index is 0.816. The van der Waals surface area contributed by atoms with Crippen LogP contribution in [0.5, 0.6) is 0 Å². The number of anilines is 1. The predicted molar refractivity (Wildman–Crippen MR) is 72.7 cm³/mol. The van der Waals surface area contributed by atoms with Crippen LogP contribution in [0.4, 0.5) is 5.69 Å². The molecule has 0 bridgehead atoms. The lowest BCUT2D eigenvalue weighted by Gasteiger charge is -2.19. The standard InChI is InChI=1S/C14H19N3/c1-4-16-14(9-11(2)3)17-8-6-12-10-15-7-5-13(12)17/h5,7,9-10H,4,6,8H2,1-3H3. The van der Waals surface area contributed by atoms with E-state index in [4.69, 9.17) is 0 Å². The Morgan fingerprint density at radius 3 is 3.06 bits per heavy atom. The first-order valence-corrected chi connectivity index (χ1v) is 6.12. The molecule has 0 aliphatic carbocycles. The minimum atomic E-state index is 0.816. The summed E-state index contributed by atoms with van der Waals surface area (Å²) in [5, 5.41) is 0. The monoisotopic (exact) mass is 229 g/mol. The zero-order valence-corrected chi connectivity index (χ0v) is 10.8. The molecule has 0 unspecified atom stereocenters. The van der Waals surface area contributed by atoms with Crippen LogP contribution in [-0.4, -0.2) is 23.9 Å². The largest absolute Gasteiger partial charge is 0.326 e. The number of hydrogen-bond donors (Lipinski definition) is 0. The van der Waals surface area contributed by atoms with Crippen molar-refractivity contribution in [2.24, 2.45) is 4.99 Å². The van der Waals surface area contributed by atoms with Crippen LogP contribution in [0.2, 0.25) is 0 Å². The maximum absolute atomic E-state index is 4.59. The summed E-state index contributed by atoms with van der Waals surface area (Å²) in [6.45, 7) is 8.10. The molecule has 0 saturated heterocycles. The topological polar surface area (TPSA) is 28.5 Å². The first-order valence-electron chi connectivity index (χ1n) is 6.12. The average Bonchev–Trinajstić information content (AvgIpc) is 2.71. The second-order valence-electron chi connectivity index (χ2n) is 4.46. The molecule has 2 heterocycles. The van der Waals surface area contributed by atoms with E-state index in [1.807, 2.05) is 12.4 Å². The van der Waals surface area contributed by atoms with Gasteiger partial charge in [0.05, 0.1) is 0 Å². The van der Waals surface area contributed by atoms with E-state index in [1.165, 1.54) is 16.8 Å². The highest BCUT2D eigenvalue weighted by molar-refractivity contribution is 6.07. The van der Waals surface area contributed by atoms with Gasteiger partial charge in [-0.25, -0.2) is 0 Å². The molecule has 0 radical (unpaired) electrons. The van der Waals surface area contributed by atoms with E-state index in [2.05, 4.69) is 47.8 Å². The minimum Gasteiger partial charge on any atom is -0.326 e. The number of aromatic nitrogens is 1. The molecule has 0 atom stereocenters. The van der Waals surface area contributed by atoms with Crippen LogP contribution >= 0.6 is 0 Å². The smallest absolute Gasteiger partial charge is 0.127 e.